The summed E-state index contributed by atoms with van der Waals surface area (Å²) in [6.07, 6.45) is 9.40. The van der Waals surface area contributed by atoms with E-state index in [4.69, 9.17) is 5.11 Å². The lowest BCUT2D eigenvalue weighted by atomic mass is 9.72. The van der Waals surface area contributed by atoms with Crippen molar-refractivity contribution >= 4 is 11.7 Å². The molecule has 2 aromatic rings. The van der Waals surface area contributed by atoms with Gasteiger partial charge in [-0.05, 0) is 50.0 Å². The first kappa shape index (κ1) is 20.7. The molecule has 1 aliphatic heterocycles. The maximum absolute atomic E-state index is 12.8. The second-order valence-electron chi connectivity index (χ2n) is 8.89. The lowest BCUT2D eigenvalue weighted by Crippen LogP contribution is -2.42. The highest BCUT2D eigenvalue weighted by atomic mass is 16.3. The van der Waals surface area contributed by atoms with Crippen molar-refractivity contribution in [3.05, 3.63) is 48.3 Å². The van der Waals surface area contributed by atoms with E-state index in [-0.39, 0.29) is 24.1 Å². The number of carbonyl (C=O) groups is 1. The van der Waals surface area contributed by atoms with Gasteiger partial charge in [-0.2, -0.15) is 5.10 Å². The van der Waals surface area contributed by atoms with Crippen molar-refractivity contribution in [2.24, 2.45) is 5.41 Å². The number of hydrogen-bond donors (Lipinski definition) is 3. The number of nitrogens with one attached hydrogen (secondary N) is 2. The molecular weight excluding hydrogens is 378 g/mol. The van der Waals surface area contributed by atoms with Crippen LogP contribution in [0.15, 0.2) is 42.7 Å². The fraction of sp³-hybridized carbons (Fsp3) is 0.565. The number of nitrogens with zero attached hydrogens (tertiary/aromatic N) is 3. The second kappa shape index (κ2) is 9.08. The first-order chi connectivity index (χ1) is 14.6. The molecule has 30 heavy (non-hydrogen) atoms. The van der Waals surface area contributed by atoms with Gasteiger partial charge < -0.3 is 20.6 Å². The monoisotopic (exact) mass is 411 g/mol. The van der Waals surface area contributed by atoms with Crippen LogP contribution in [-0.4, -0.2) is 51.6 Å². The van der Waals surface area contributed by atoms with Gasteiger partial charge in [-0.25, -0.2) is 4.79 Å². The van der Waals surface area contributed by atoms with E-state index in [9.17, 15) is 4.79 Å². The Kier molecular flexibility index (Phi) is 6.27. The first-order valence-corrected chi connectivity index (χ1v) is 11.1. The van der Waals surface area contributed by atoms with E-state index in [1.807, 2.05) is 42.4 Å². The summed E-state index contributed by atoms with van der Waals surface area (Å²) in [6, 6.07) is 10.6. The molecule has 0 radical (unpaired) electrons. The molecule has 2 aliphatic rings. The Bertz CT molecular complexity index is 829. The minimum atomic E-state index is 0.0157. The molecule has 2 fully saturated rings. The minimum Gasteiger partial charge on any atom is -0.394 e. The minimum absolute atomic E-state index is 0.0157. The van der Waals surface area contributed by atoms with Crippen molar-refractivity contribution < 1.29 is 9.90 Å². The zero-order valence-corrected chi connectivity index (χ0v) is 17.8. The second-order valence-corrected chi connectivity index (χ2v) is 8.89. The summed E-state index contributed by atoms with van der Waals surface area (Å²) in [4.78, 5) is 14.8. The van der Waals surface area contributed by atoms with Crippen LogP contribution in [0.4, 0.5) is 10.5 Å². The number of benzene rings is 1. The molecule has 1 atom stereocenters. The normalized spacial score (nSPS) is 24.7. The molecular formula is C23H33N5O2. The van der Waals surface area contributed by atoms with Crippen LogP contribution in [0, 0.1) is 5.41 Å². The van der Waals surface area contributed by atoms with E-state index in [0.717, 1.165) is 56.4 Å². The van der Waals surface area contributed by atoms with Crippen molar-refractivity contribution in [1.29, 1.82) is 0 Å². The molecule has 2 amide bonds. The number of amides is 2. The van der Waals surface area contributed by atoms with Crippen LogP contribution in [-0.2, 0) is 6.54 Å². The molecule has 2 heterocycles. The highest BCUT2D eigenvalue weighted by molar-refractivity contribution is 5.75. The summed E-state index contributed by atoms with van der Waals surface area (Å²) in [5.74, 6) is 0. The van der Waals surface area contributed by atoms with Crippen LogP contribution < -0.4 is 10.6 Å². The predicted octanol–water partition coefficient (Wildman–Crippen LogP) is 3.39. The molecule has 7 nitrogen and oxygen atoms in total. The summed E-state index contributed by atoms with van der Waals surface area (Å²) in [6.45, 7) is 4.37. The Morgan fingerprint density at radius 1 is 1.27 bits per heavy atom. The standard InChI is InChI=1S/C23H33N5O2/c1-18(19-5-3-2-4-6-19)25-22(30)27-12-11-23(17-27)9-7-20(8-10-23)26-21-15-24-28(16-21)13-14-29/h2-6,15-16,18,20,26,29H,7-14,17H2,1H3,(H,25,30)/t18-,20-,23+/m0/s1. The summed E-state index contributed by atoms with van der Waals surface area (Å²) in [5.41, 5.74) is 2.42. The van der Waals surface area contributed by atoms with E-state index < -0.39 is 0 Å². The van der Waals surface area contributed by atoms with Gasteiger partial charge >= 0.3 is 6.03 Å². The SMILES string of the molecule is C[C@H](NC(=O)N1CC[C@]2(CC[C@H](Nc3cnn(CCO)c3)CC2)C1)c1ccccc1. The van der Waals surface area contributed by atoms with Crippen LogP contribution in [0.5, 0.6) is 0 Å². The molecule has 1 saturated heterocycles. The van der Waals surface area contributed by atoms with Gasteiger partial charge in [0.1, 0.15) is 0 Å². The largest absolute Gasteiger partial charge is 0.394 e. The molecule has 1 spiro atoms. The number of aromatic nitrogens is 2. The summed E-state index contributed by atoms with van der Waals surface area (Å²) >= 11 is 0. The van der Waals surface area contributed by atoms with Gasteiger partial charge in [0.2, 0.25) is 0 Å². The molecule has 4 rings (SSSR count). The Hall–Kier alpha value is -2.54. The third-order valence-corrected chi connectivity index (χ3v) is 6.74. The van der Waals surface area contributed by atoms with E-state index >= 15 is 0 Å². The topological polar surface area (TPSA) is 82.4 Å². The number of hydrogen-bond acceptors (Lipinski definition) is 4. The number of rotatable bonds is 6. The van der Waals surface area contributed by atoms with Gasteiger partial charge in [-0.1, -0.05) is 30.3 Å². The maximum atomic E-state index is 12.8. The zero-order valence-electron chi connectivity index (χ0n) is 17.8. The molecule has 7 heteroatoms. The highest BCUT2D eigenvalue weighted by Crippen LogP contribution is 2.44. The summed E-state index contributed by atoms with van der Waals surface area (Å²) in [5, 5.41) is 20.0. The number of aliphatic hydroxyl groups is 1. The predicted molar refractivity (Wildman–Crippen MR) is 117 cm³/mol. The number of aliphatic hydroxyl groups excluding tert-OH is 1. The fourth-order valence-corrected chi connectivity index (χ4v) is 4.89. The molecule has 1 aromatic carbocycles. The van der Waals surface area contributed by atoms with Gasteiger partial charge in [0, 0.05) is 25.3 Å². The van der Waals surface area contributed by atoms with Crippen LogP contribution in [0.3, 0.4) is 0 Å². The Morgan fingerprint density at radius 3 is 2.77 bits per heavy atom. The lowest BCUT2D eigenvalue weighted by molar-refractivity contribution is 0.171. The number of likely N-dealkylation sites (tertiary alicyclic amines) is 1. The van der Waals surface area contributed by atoms with E-state index in [1.165, 1.54) is 0 Å². The quantitative estimate of drug-likeness (QED) is 0.680. The van der Waals surface area contributed by atoms with Crippen LogP contribution in [0.1, 0.15) is 50.6 Å². The number of carbonyl (C=O) groups excluding carboxylic acids is 1. The van der Waals surface area contributed by atoms with Gasteiger partial charge in [0.05, 0.1) is 31.1 Å². The lowest BCUT2D eigenvalue weighted by Gasteiger charge is -2.37. The van der Waals surface area contributed by atoms with Crippen molar-refractivity contribution in [3.8, 4) is 0 Å². The Labute approximate surface area is 178 Å². The fourth-order valence-electron chi connectivity index (χ4n) is 4.89. The molecule has 1 aromatic heterocycles. The van der Waals surface area contributed by atoms with E-state index in [0.29, 0.717) is 12.6 Å². The third-order valence-electron chi connectivity index (χ3n) is 6.74. The molecule has 0 bridgehead atoms. The molecule has 1 aliphatic carbocycles. The van der Waals surface area contributed by atoms with Gasteiger partial charge in [0.15, 0.2) is 0 Å². The van der Waals surface area contributed by atoms with Crippen molar-refractivity contribution in [1.82, 2.24) is 20.0 Å². The zero-order chi connectivity index (χ0) is 21.0. The summed E-state index contributed by atoms with van der Waals surface area (Å²) in [7, 11) is 0. The molecule has 162 valence electrons. The first-order valence-electron chi connectivity index (χ1n) is 11.1. The van der Waals surface area contributed by atoms with Gasteiger partial charge in [0.25, 0.3) is 0 Å². The molecule has 1 saturated carbocycles. The average Bonchev–Trinajstić information content (AvgIpc) is 3.38. The van der Waals surface area contributed by atoms with Crippen molar-refractivity contribution in [2.75, 3.05) is 25.0 Å². The van der Waals surface area contributed by atoms with Gasteiger partial charge in [-0.3, -0.25) is 4.68 Å². The van der Waals surface area contributed by atoms with E-state index in [2.05, 4.69) is 27.9 Å². The summed E-state index contributed by atoms with van der Waals surface area (Å²) < 4.78 is 1.76. The van der Waals surface area contributed by atoms with E-state index in [1.54, 1.807) is 4.68 Å². The van der Waals surface area contributed by atoms with Crippen LogP contribution in [0.25, 0.3) is 0 Å². The molecule has 3 N–H and O–H groups in total. The smallest absolute Gasteiger partial charge is 0.317 e. The Morgan fingerprint density at radius 2 is 2.03 bits per heavy atom. The molecule has 0 unspecified atom stereocenters. The number of urea groups is 1. The van der Waals surface area contributed by atoms with Crippen molar-refractivity contribution in [2.45, 2.75) is 57.7 Å². The maximum Gasteiger partial charge on any atom is 0.317 e. The van der Waals surface area contributed by atoms with Crippen molar-refractivity contribution in [3.63, 3.8) is 0 Å². The van der Waals surface area contributed by atoms with Crippen LogP contribution >= 0.6 is 0 Å². The Balaban J connectivity index is 1.25. The number of anilines is 1. The van der Waals surface area contributed by atoms with Crippen LogP contribution in [0.2, 0.25) is 0 Å². The average molecular weight is 412 g/mol. The third kappa shape index (κ3) is 4.78. The van der Waals surface area contributed by atoms with Gasteiger partial charge in [-0.15, -0.1) is 0 Å². The highest BCUT2D eigenvalue weighted by Gasteiger charge is 2.42.